The van der Waals surface area contributed by atoms with E-state index in [4.69, 9.17) is 10.5 Å². The first-order valence-corrected chi connectivity index (χ1v) is 8.26. The van der Waals surface area contributed by atoms with E-state index in [-0.39, 0.29) is 19.0 Å². The Morgan fingerprint density at radius 2 is 1.70 bits per heavy atom. The number of aldehydes is 2. The van der Waals surface area contributed by atoms with Gasteiger partial charge < -0.3 is 36.0 Å². The van der Waals surface area contributed by atoms with Gasteiger partial charge in [-0.05, 0) is 19.5 Å². The van der Waals surface area contributed by atoms with Crippen LogP contribution in [0.3, 0.4) is 0 Å². The van der Waals surface area contributed by atoms with E-state index in [0.29, 0.717) is 32.4 Å². The molecule has 9 nitrogen and oxygen atoms in total. The summed E-state index contributed by atoms with van der Waals surface area (Å²) >= 11 is 0. The molecule has 0 aliphatic carbocycles. The first kappa shape index (κ1) is 29.2. The fourth-order valence-electron chi connectivity index (χ4n) is 1.19. The Kier molecular flexibility index (Phi) is 30.4. The van der Waals surface area contributed by atoms with Gasteiger partial charge in [0.15, 0.2) is 0 Å². The molecule has 0 unspecified atom stereocenters. The molecule has 0 radical (unpaired) electrons. The monoisotopic (exact) mass is 384 g/mol. The van der Waals surface area contributed by atoms with Gasteiger partial charge in [-0.3, -0.25) is 9.59 Å². The summed E-state index contributed by atoms with van der Waals surface area (Å²) < 4.78 is 4.93. The molecule has 1 aromatic carbocycles. The highest BCUT2D eigenvalue weighted by Crippen LogP contribution is 1.98. The largest absolute Gasteiger partial charge is 0.380 e. The van der Waals surface area contributed by atoms with Gasteiger partial charge in [-0.2, -0.15) is 0 Å². The van der Waals surface area contributed by atoms with E-state index in [2.05, 4.69) is 16.0 Å². The van der Waals surface area contributed by atoms with Gasteiger partial charge in [0.25, 0.3) is 0 Å². The van der Waals surface area contributed by atoms with Crippen LogP contribution < -0.4 is 21.7 Å². The van der Waals surface area contributed by atoms with Gasteiger partial charge >= 0.3 is 0 Å². The van der Waals surface area contributed by atoms with E-state index < -0.39 is 0 Å². The second-order valence-electron chi connectivity index (χ2n) is 4.49. The molecule has 0 spiro atoms. The average Bonchev–Trinajstić information content (AvgIpc) is 2.70. The number of amides is 2. The maximum absolute atomic E-state index is 10.2. The summed E-state index contributed by atoms with van der Waals surface area (Å²) in [6, 6.07) is 10.1. The lowest BCUT2D eigenvalue weighted by atomic mass is 10.2. The summed E-state index contributed by atoms with van der Waals surface area (Å²) in [5.41, 5.74) is 6.17. The summed E-state index contributed by atoms with van der Waals surface area (Å²) in [7, 11) is 3.43. The van der Waals surface area contributed by atoms with Crippen molar-refractivity contribution in [1.82, 2.24) is 16.0 Å². The van der Waals surface area contributed by atoms with Crippen LogP contribution >= 0.6 is 0 Å². The SMILES string of the molecule is CCNC(=O)CN.CNCC=O.COCc1ccccc1.O=CCNC=O. The molecule has 154 valence electrons. The highest BCUT2D eigenvalue weighted by molar-refractivity contribution is 5.77. The van der Waals surface area contributed by atoms with Gasteiger partial charge in [0.2, 0.25) is 12.3 Å². The minimum Gasteiger partial charge on any atom is -0.380 e. The van der Waals surface area contributed by atoms with Crippen LogP contribution in [0.2, 0.25) is 0 Å². The van der Waals surface area contributed by atoms with Gasteiger partial charge in [0, 0.05) is 13.7 Å². The summed E-state index contributed by atoms with van der Waals surface area (Å²) in [5, 5.41) is 7.33. The van der Waals surface area contributed by atoms with Crippen LogP contribution in [0.4, 0.5) is 0 Å². The predicted molar refractivity (Wildman–Crippen MR) is 105 cm³/mol. The molecule has 0 atom stereocenters. The Balaban J connectivity index is -0.000000293. The number of hydrogen-bond acceptors (Lipinski definition) is 7. The van der Waals surface area contributed by atoms with Gasteiger partial charge in [0.1, 0.15) is 12.6 Å². The van der Waals surface area contributed by atoms with E-state index in [1.807, 2.05) is 37.3 Å². The topological polar surface area (TPSA) is 140 Å². The molecule has 2 amide bonds. The summed E-state index contributed by atoms with van der Waals surface area (Å²) in [6.45, 7) is 3.89. The van der Waals surface area contributed by atoms with Gasteiger partial charge in [-0.1, -0.05) is 30.3 Å². The third kappa shape index (κ3) is 31.6. The first-order valence-electron chi connectivity index (χ1n) is 8.26. The predicted octanol–water partition coefficient (Wildman–Crippen LogP) is -0.750. The Morgan fingerprint density at radius 3 is 1.96 bits per heavy atom. The average molecular weight is 384 g/mol. The highest BCUT2D eigenvalue weighted by atomic mass is 16.5. The molecule has 0 bridgehead atoms. The number of methoxy groups -OCH3 is 1. The van der Waals surface area contributed by atoms with Crippen LogP contribution in [-0.2, 0) is 30.5 Å². The van der Waals surface area contributed by atoms with Crippen molar-refractivity contribution in [2.75, 3.05) is 40.3 Å². The number of rotatable bonds is 9. The van der Waals surface area contributed by atoms with Crippen molar-refractivity contribution in [3.05, 3.63) is 35.9 Å². The second kappa shape index (κ2) is 28.2. The van der Waals surface area contributed by atoms with Gasteiger partial charge in [0.05, 0.1) is 26.2 Å². The number of nitrogens with one attached hydrogen (secondary N) is 3. The smallest absolute Gasteiger partial charge is 0.233 e. The van der Waals surface area contributed by atoms with Crippen LogP contribution in [0.5, 0.6) is 0 Å². The lowest BCUT2D eigenvalue weighted by Gasteiger charge is -1.95. The highest BCUT2D eigenvalue weighted by Gasteiger charge is 1.88. The molecule has 0 fully saturated rings. The van der Waals surface area contributed by atoms with Gasteiger partial charge in [-0.25, -0.2) is 0 Å². The van der Waals surface area contributed by atoms with Crippen LogP contribution in [0.25, 0.3) is 0 Å². The van der Waals surface area contributed by atoms with Crippen LogP contribution in [0.1, 0.15) is 12.5 Å². The minimum absolute atomic E-state index is 0.0911. The summed E-state index contributed by atoms with van der Waals surface area (Å²) in [6.07, 6.45) is 1.92. The summed E-state index contributed by atoms with van der Waals surface area (Å²) in [4.78, 5) is 38.2. The molecule has 0 saturated carbocycles. The van der Waals surface area contributed by atoms with Crippen molar-refractivity contribution in [3.63, 3.8) is 0 Å². The second-order valence-corrected chi connectivity index (χ2v) is 4.49. The number of ether oxygens (including phenoxy) is 1. The lowest BCUT2D eigenvalue weighted by Crippen LogP contribution is -2.29. The Labute approximate surface area is 161 Å². The molecule has 9 heteroatoms. The molecular formula is C18H32N4O5. The third-order valence-corrected chi connectivity index (χ3v) is 2.29. The van der Waals surface area contributed by atoms with E-state index in [0.717, 1.165) is 6.29 Å². The van der Waals surface area contributed by atoms with Crippen LogP contribution in [-0.4, -0.2) is 65.2 Å². The van der Waals surface area contributed by atoms with Crippen molar-refractivity contribution < 1.29 is 23.9 Å². The lowest BCUT2D eigenvalue weighted by molar-refractivity contribution is -0.119. The van der Waals surface area contributed by atoms with Crippen molar-refractivity contribution in [1.29, 1.82) is 0 Å². The van der Waals surface area contributed by atoms with E-state index in [1.165, 1.54) is 5.56 Å². The molecule has 5 N–H and O–H groups in total. The zero-order valence-corrected chi connectivity index (χ0v) is 16.3. The Morgan fingerprint density at radius 1 is 1.11 bits per heavy atom. The number of benzene rings is 1. The Hall–Kier alpha value is -2.62. The van der Waals surface area contributed by atoms with Crippen LogP contribution in [0, 0.1) is 0 Å². The normalized spacial score (nSPS) is 8.15. The molecular weight excluding hydrogens is 352 g/mol. The maximum Gasteiger partial charge on any atom is 0.233 e. The fourth-order valence-corrected chi connectivity index (χ4v) is 1.19. The molecule has 0 heterocycles. The fraction of sp³-hybridized carbons (Fsp3) is 0.444. The van der Waals surface area contributed by atoms with Gasteiger partial charge in [-0.15, -0.1) is 0 Å². The maximum atomic E-state index is 10.2. The zero-order valence-electron chi connectivity index (χ0n) is 16.3. The Bertz CT molecular complexity index is 450. The molecule has 1 rings (SSSR count). The molecule has 1 aromatic rings. The molecule has 0 aliphatic heterocycles. The zero-order chi connectivity index (χ0) is 21.2. The molecule has 0 saturated heterocycles. The number of carbonyl (C=O) groups is 4. The number of nitrogens with two attached hydrogens (primary N) is 1. The molecule has 0 aromatic heterocycles. The molecule has 27 heavy (non-hydrogen) atoms. The third-order valence-electron chi connectivity index (χ3n) is 2.29. The van der Waals surface area contributed by atoms with Crippen molar-refractivity contribution >= 4 is 24.9 Å². The number of likely N-dealkylation sites (N-methyl/N-ethyl adjacent to an activating group) is 2. The van der Waals surface area contributed by atoms with Crippen molar-refractivity contribution in [2.45, 2.75) is 13.5 Å². The number of carbonyl (C=O) groups excluding carboxylic acids is 4. The quantitative estimate of drug-likeness (QED) is 0.324. The van der Waals surface area contributed by atoms with Crippen molar-refractivity contribution in [2.24, 2.45) is 5.73 Å². The van der Waals surface area contributed by atoms with Crippen molar-refractivity contribution in [3.8, 4) is 0 Å². The van der Waals surface area contributed by atoms with E-state index in [9.17, 15) is 19.2 Å². The number of hydrogen-bond donors (Lipinski definition) is 4. The standard InChI is InChI=1S/C8H10O.C4H10N2O.C3H5NO2.C3H7NO/c1-9-7-8-5-3-2-4-6-8;1-2-6-4(7)3-5;5-2-1-4-3-6;1-4-2-3-5/h2-6H,7H2,1H3;2-3,5H2,1H3,(H,6,7);2-3H,1H2,(H,4,6);3-4H,2H2,1H3. The summed E-state index contributed by atoms with van der Waals surface area (Å²) in [5.74, 6) is -0.0949. The van der Waals surface area contributed by atoms with Crippen LogP contribution in [0.15, 0.2) is 30.3 Å². The van der Waals surface area contributed by atoms with E-state index in [1.54, 1.807) is 14.2 Å². The van der Waals surface area contributed by atoms with E-state index >= 15 is 0 Å². The minimum atomic E-state index is -0.0949. The first-order chi connectivity index (χ1) is 13.1. The molecule has 0 aliphatic rings.